The molecule has 0 spiro atoms. The number of hydrogen-bond donors (Lipinski definition) is 2. The molecule has 2 aromatic carbocycles. The first-order valence-corrected chi connectivity index (χ1v) is 9.30. The van der Waals surface area contributed by atoms with Crippen LogP contribution in [0.5, 0.6) is 5.75 Å². The number of rotatable bonds is 7. The average Bonchev–Trinajstić information content (AvgIpc) is 3.16. The highest BCUT2D eigenvalue weighted by atomic mass is 19.4. The summed E-state index contributed by atoms with van der Waals surface area (Å²) in [7, 11) is 0. The molecule has 31 heavy (non-hydrogen) atoms. The van der Waals surface area contributed by atoms with Crippen molar-refractivity contribution < 1.29 is 27.5 Å². The van der Waals surface area contributed by atoms with E-state index in [4.69, 9.17) is 0 Å². The second-order valence-electron chi connectivity index (χ2n) is 6.45. The smallest absolute Gasteiger partial charge is 0.422 e. The summed E-state index contributed by atoms with van der Waals surface area (Å²) >= 11 is 0. The van der Waals surface area contributed by atoms with E-state index < -0.39 is 24.6 Å². The minimum Gasteiger partial charge on any atom is -0.484 e. The number of para-hydroxylation sites is 1. The number of carbonyl (C=O) groups is 2. The second kappa shape index (κ2) is 9.33. The Hall–Kier alpha value is -3.82. The number of benzene rings is 2. The van der Waals surface area contributed by atoms with Gasteiger partial charge in [-0.2, -0.15) is 18.3 Å². The molecule has 10 heteroatoms. The number of ether oxygens (including phenoxy) is 1. The number of nitrogens with zero attached hydrogens (tertiary/aromatic N) is 2. The highest BCUT2D eigenvalue weighted by molar-refractivity contribution is 6.11. The molecule has 0 aliphatic carbocycles. The van der Waals surface area contributed by atoms with Gasteiger partial charge in [-0.05, 0) is 37.3 Å². The molecule has 0 aliphatic rings. The highest BCUT2D eigenvalue weighted by Crippen LogP contribution is 2.21. The van der Waals surface area contributed by atoms with Crippen LogP contribution in [0.3, 0.4) is 0 Å². The lowest BCUT2D eigenvalue weighted by Crippen LogP contribution is -2.20. The van der Waals surface area contributed by atoms with Crippen molar-refractivity contribution in [2.75, 3.05) is 17.2 Å². The van der Waals surface area contributed by atoms with Crippen LogP contribution in [0.4, 0.5) is 24.5 Å². The second-order valence-corrected chi connectivity index (χ2v) is 6.45. The fourth-order valence-corrected chi connectivity index (χ4v) is 2.64. The van der Waals surface area contributed by atoms with Crippen LogP contribution in [0.1, 0.15) is 27.8 Å². The van der Waals surface area contributed by atoms with Gasteiger partial charge in [0, 0.05) is 24.0 Å². The van der Waals surface area contributed by atoms with Crippen molar-refractivity contribution >= 4 is 23.2 Å². The molecular weight excluding hydrogens is 413 g/mol. The largest absolute Gasteiger partial charge is 0.484 e. The third-order valence-electron chi connectivity index (χ3n) is 4.08. The van der Waals surface area contributed by atoms with Gasteiger partial charge in [-0.25, -0.2) is 0 Å². The van der Waals surface area contributed by atoms with E-state index in [2.05, 4.69) is 20.5 Å². The molecule has 0 bridgehead atoms. The standard InChI is InChI=1S/C21H19F3N4O3/c1-2-28-12-17(18(27-28)20(30)25-15-8-4-3-5-9-15)26-19(29)14-7-6-10-16(11-14)31-13-21(22,23)24/h3-12H,2,13H2,1H3,(H,25,30)(H,26,29). The fraction of sp³-hybridized carbons (Fsp3) is 0.190. The van der Waals surface area contributed by atoms with Gasteiger partial charge in [0.1, 0.15) is 5.75 Å². The first-order valence-electron chi connectivity index (χ1n) is 9.30. The summed E-state index contributed by atoms with van der Waals surface area (Å²) < 4.78 is 43.2. The summed E-state index contributed by atoms with van der Waals surface area (Å²) in [6.07, 6.45) is -2.99. The maximum atomic E-state index is 12.7. The summed E-state index contributed by atoms with van der Waals surface area (Å²) in [5.74, 6) is -1.24. The third-order valence-corrected chi connectivity index (χ3v) is 4.08. The minimum absolute atomic E-state index is 0.00327. The van der Waals surface area contributed by atoms with E-state index in [1.165, 1.54) is 35.1 Å². The first-order chi connectivity index (χ1) is 14.7. The summed E-state index contributed by atoms with van der Waals surface area (Å²) in [6, 6.07) is 14.1. The lowest BCUT2D eigenvalue weighted by Gasteiger charge is -2.10. The Balaban J connectivity index is 1.77. The number of halogens is 3. The van der Waals surface area contributed by atoms with Crippen molar-refractivity contribution in [3.8, 4) is 5.75 Å². The number of aromatic nitrogens is 2. The van der Waals surface area contributed by atoms with Crippen molar-refractivity contribution in [3.05, 3.63) is 72.1 Å². The summed E-state index contributed by atoms with van der Waals surface area (Å²) in [5.41, 5.74) is 0.800. The molecule has 0 atom stereocenters. The quantitative estimate of drug-likeness (QED) is 0.581. The van der Waals surface area contributed by atoms with E-state index in [0.717, 1.165) is 0 Å². The van der Waals surface area contributed by atoms with E-state index in [0.29, 0.717) is 12.2 Å². The van der Waals surface area contributed by atoms with Gasteiger partial charge in [-0.1, -0.05) is 24.3 Å². The number of hydrogen-bond acceptors (Lipinski definition) is 4. The Labute approximate surface area is 175 Å². The number of amides is 2. The normalized spacial score (nSPS) is 11.1. The molecule has 2 N–H and O–H groups in total. The average molecular weight is 432 g/mol. The maximum Gasteiger partial charge on any atom is 0.422 e. The van der Waals surface area contributed by atoms with Crippen molar-refractivity contribution in [2.45, 2.75) is 19.6 Å². The van der Waals surface area contributed by atoms with Crippen molar-refractivity contribution in [1.29, 1.82) is 0 Å². The van der Waals surface area contributed by atoms with E-state index in [1.54, 1.807) is 30.3 Å². The van der Waals surface area contributed by atoms with Crippen LogP contribution in [0.25, 0.3) is 0 Å². The van der Waals surface area contributed by atoms with Crippen molar-refractivity contribution in [3.63, 3.8) is 0 Å². The summed E-state index contributed by atoms with van der Waals surface area (Å²) in [6.45, 7) is 0.812. The third kappa shape index (κ3) is 6.08. The Morgan fingerprint density at radius 3 is 2.45 bits per heavy atom. The molecule has 3 aromatic rings. The van der Waals surface area contributed by atoms with Gasteiger partial charge < -0.3 is 15.4 Å². The number of carbonyl (C=O) groups excluding carboxylic acids is 2. The molecule has 3 rings (SSSR count). The van der Waals surface area contributed by atoms with Crippen LogP contribution >= 0.6 is 0 Å². The number of alkyl halides is 3. The summed E-state index contributed by atoms with van der Waals surface area (Å²) in [4.78, 5) is 25.3. The number of aryl methyl sites for hydroxylation is 1. The Bertz CT molecular complexity index is 1070. The van der Waals surface area contributed by atoms with Crippen LogP contribution in [0.15, 0.2) is 60.8 Å². The molecule has 0 aliphatic heterocycles. The van der Waals surface area contributed by atoms with Gasteiger partial charge in [0.15, 0.2) is 12.3 Å². The zero-order valence-corrected chi connectivity index (χ0v) is 16.4. The zero-order valence-electron chi connectivity index (χ0n) is 16.4. The molecular formula is C21H19F3N4O3. The molecule has 2 amide bonds. The Morgan fingerprint density at radius 2 is 1.77 bits per heavy atom. The lowest BCUT2D eigenvalue weighted by molar-refractivity contribution is -0.153. The first kappa shape index (κ1) is 21.9. The van der Waals surface area contributed by atoms with Crippen LogP contribution in [-0.4, -0.2) is 34.4 Å². The molecule has 7 nitrogen and oxygen atoms in total. The van der Waals surface area contributed by atoms with Gasteiger partial charge in [-0.15, -0.1) is 0 Å². The summed E-state index contributed by atoms with van der Waals surface area (Å²) in [5, 5.41) is 9.47. The number of nitrogens with one attached hydrogen (secondary N) is 2. The van der Waals surface area contributed by atoms with Gasteiger partial charge in [-0.3, -0.25) is 14.3 Å². The zero-order chi connectivity index (χ0) is 22.4. The predicted octanol–water partition coefficient (Wildman–Crippen LogP) is 4.35. The van der Waals surface area contributed by atoms with E-state index in [1.807, 2.05) is 6.92 Å². The molecule has 0 saturated heterocycles. The minimum atomic E-state index is -4.49. The van der Waals surface area contributed by atoms with E-state index >= 15 is 0 Å². The lowest BCUT2D eigenvalue weighted by atomic mass is 10.2. The van der Waals surface area contributed by atoms with Gasteiger partial charge in [0.05, 0.1) is 5.69 Å². The van der Waals surface area contributed by atoms with Crippen molar-refractivity contribution in [2.24, 2.45) is 0 Å². The van der Waals surface area contributed by atoms with Crippen molar-refractivity contribution in [1.82, 2.24) is 9.78 Å². The predicted molar refractivity (Wildman–Crippen MR) is 108 cm³/mol. The maximum absolute atomic E-state index is 12.7. The Morgan fingerprint density at radius 1 is 1.03 bits per heavy atom. The molecule has 0 unspecified atom stereocenters. The molecule has 162 valence electrons. The number of anilines is 2. The van der Waals surface area contributed by atoms with Gasteiger partial charge in [0.25, 0.3) is 11.8 Å². The SMILES string of the molecule is CCn1cc(NC(=O)c2cccc(OCC(F)(F)F)c2)c(C(=O)Nc2ccccc2)n1. The molecule has 1 heterocycles. The molecule has 0 fully saturated rings. The van der Waals surface area contributed by atoms with E-state index in [-0.39, 0.29) is 22.7 Å². The Kier molecular flexibility index (Phi) is 6.58. The van der Waals surface area contributed by atoms with E-state index in [9.17, 15) is 22.8 Å². The molecule has 0 saturated carbocycles. The molecule has 0 radical (unpaired) electrons. The van der Waals surface area contributed by atoms with Crippen LogP contribution in [0.2, 0.25) is 0 Å². The van der Waals surface area contributed by atoms with Crippen LogP contribution in [0, 0.1) is 0 Å². The molecule has 1 aromatic heterocycles. The monoisotopic (exact) mass is 432 g/mol. The van der Waals surface area contributed by atoms with Crippen LogP contribution < -0.4 is 15.4 Å². The van der Waals surface area contributed by atoms with Gasteiger partial charge in [0.2, 0.25) is 0 Å². The fourth-order valence-electron chi connectivity index (χ4n) is 2.64. The topological polar surface area (TPSA) is 85.2 Å². The highest BCUT2D eigenvalue weighted by Gasteiger charge is 2.28. The van der Waals surface area contributed by atoms with Crippen LogP contribution in [-0.2, 0) is 6.54 Å². The van der Waals surface area contributed by atoms with Gasteiger partial charge >= 0.3 is 6.18 Å².